The minimum Gasteiger partial charge on any atom is -0.275 e. The summed E-state index contributed by atoms with van der Waals surface area (Å²) in [6.45, 7) is 7.76. The number of imide groups is 1. The highest BCUT2D eigenvalue weighted by Gasteiger charge is 2.54. The molecule has 13 heavy (non-hydrogen) atoms. The second-order valence-corrected chi connectivity index (χ2v) is 5.89. The summed E-state index contributed by atoms with van der Waals surface area (Å²) in [7, 11) is 1.54. The van der Waals surface area contributed by atoms with Crippen molar-refractivity contribution in [2.45, 2.75) is 32.4 Å². The summed E-state index contributed by atoms with van der Waals surface area (Å²) < 4.78 is -0.612. The molecule has 1 unspecified atom stereocenters. The standard InChI is InChI=1S/C9H15NO2S/c1-8(2,3)9(4)6(11)10(5)7(12)13-9/h1-5H3. The third kappa shape index (κ3) is 1.37. The quantitative estimate of drug-likeness (QED) is 0.602. The number of hydrogen-bond acceptors (Lipinski definition) is 3. The topological polar surface area (TPSA) is 37.4 Å². The number of carbonyl (C=O) groups excluding carboxylic acids is 2. The van der Waals surface area contributed by atoms with Gasteiger partial charge in [-0.15, -0.1) is 0 Å². The van der Waals surface area contributed by atoms with Crippen LogP contribution in [-0.4, -0.2) is 27.8 Å². The Hall–Kier alpha value is -0.510. The lowest BCUT2D eigenvalue weighted by atomic mass is 9.80. The first-order valence-corrected chi connectivity index (χ1v) is 5.03. The highest BCUT2D eigenvalue weighted by Crippen LogP contribution is 2.48. The van der Waals surface area contributed by atoms with Crippen molar-refractivity contribution in [3.63, 3.8) is 0 Å². The number of hydrogen-bond donors (Lipinski definition) is 0. The Morgan fingerprint density at radius 2 is 1.77 bits per heavy atom. The third-order valence-corrected chi connectivity index (χ3v) is 4.35. The van der Waals surface area contributed by atoms with Gasteiger partial charge in [-0.25, -0.2) is 0 Å². The minimum atomic E-state index is -0.612. The molecular formula is C9H15NO2S. The maximum Gasteiger partial charge on any atom is 0.289 e. The zero-order valence-corrected chi connectivity index (χ0v) is 9.49. The Morgan fingerprint density at radius 1 is 1.31 bits per heavy atom. The summed E-state index contributed by atoms with van der Waals surface area (Å²) in [4.78, 5) is 24.3. The molecule has 0 saturated carbocycles. The van der Waals surface area contributed by atoms with E-state index >= 15 is 0 Å². The summed E-state index contributed by atoms with van der Waals surface area (Å²) in [5.41, 5.74) is -0.199. The first-order valence-electron chi connectivity index (χ1n) is 4.21. The maximum absolute atomic E-state index is 11.8. The molecule has 0 spiro atoms. The fraction of sp³-hybridized carbons (Fsp3) is 0.778. The number of thioether (sulfide) groups is 1. The van der Waals surface area contributed by atoms with Gasteiger partial charge in [0, 0.05) is 7.05 Å². The van der Waals surface area contributed by atoms with Crippen LogP contribution in [0.4, 0.5) is 4.79 Å². The lowest BCUT2D eigenvalue weighted by molar-refractivity contribution is -0.130. The van der Waals surface area contributed by atoms with Crippen molar-refractivity contribution >= 4 is 22.9 Å². The van der Waals surface area contributed by atoms with E-state index in [4.69, 9.17) is 0 Å². The van der Waals surface area contributed by atoms with Crippen molar-refractivity contribution in [2.75, 3.05) is 7.05 Å². The van der Waals surface area contributed by atoms with Gasteiger partial charge in [-0.1, -0.05) is 20.8 Å². The molecule has 0 N–H and O–H groups in total. The summed E-state index contributed by atoms with van der Waals surface area (Å²) >= 11 is 1.13. The van der Waals surface area contributed by atoms with Gasteiger partial charge >= 0.3 is 0 Å². The van der Waals surface area contributed by atoms with E-state index < -0.39 is 4.75 Å². The van der Waals surface area contributed by atoms with Crippen molar-refractivity contribution in [1.82, 2.24) is 4.90 Å². The molecule has 3 nitrogen and oxygen atoms in total. The summed E-state index contributed by atoms with van der Waals surface area (Å²) in [6, 6.07) is 0. The van der Waals surface area contributed by atoms with Crippen molar-refractivity contribution in [1.29, 1.82) is 0 Å². The van der Waals surface area contributed by atoms with E-state index in [1.807, 2.05) is 27.7 Å². The Bertz CT molecular complexity index is 269. The van der Waals surface area contributed by atoms with Crippen LogP contribution in [0, 0.1) is 5.41 Å². The Labute approximate surface area is 82.9 Å². The van der Waals surface area contributed by atoms with Gasteiger partial charge in [-0.2, -0.15) is 0 Å². The average molecular weight is 201 g/mol. The van der Waals surface area contributed by atoms with E-state index in [-0.39, 0.29) is 16.6 Å². The minimum absolute atomic E-state index is 0.0880. The zero-order valence-electron chi connectivity index (χ0n) is 8.67. The molecule has 1 aliphatic heterocycles. The molecule has 0 radical (unpaired) electrons. The Kier molecular flexibility index (Phi) is 2.23. The van der Waals surface area contributed by atoms with Crippen LogP contribution in [0.1, 0.15) is 27.7 Å². The molecule has 0 aromatic carbocycles. The Balaban J connectivity index is 3.09. The van der Waals surface area contributed by atoms with Crippen molar-refractivity contribution in [3.05, 3.63) is 0 Å². The molecule has 1 fully saturated rings. The van der Waals surface area contributed by atoms with E-state index in [2.05, 4.69) is 0 Å². The normalized spacial score (nSPS) is 30.1. The third-order valence-electron chi connectivity index (χ3n) is 2.71. The number of carbonyl (C=O) groups is 2. The summed E-state index contributed by atoms with van der Waals surface area (Å²) in [5, 5.41) is -0.151. The molecule has 0 bridgehead atoms. The molecule has 1 saturated heterocycles. The van der Waals surface area contributed by atoms with E-state index in [1.54, 1.807) is 0 Å². The Morgan fingerprint density at radius 3 is 1.92 bits per heavy atom. The van der Waals surface area contributed by atoms with Crippen LogP contribution in [0.15, 0.2) is 0 Å². The summed E-state index contributed by atoms with van der Waals surface area (Å²) in [6.07, 6.45) is 0. The van der Waals surface area contributed by atoms with Gasteiger partial charge in [0.2, 0.25) is 5.91 Å². The van der Waals surface area contributed by atoms with E-state index in [0.717, 1.165) is 11.8 Å². The molecule has 1 heterocycles. The van der Waals surface area contributed by atoms with Crippen molar-refractivity contribution in [2.24, 2.45) is 5.41 Å². The van der Waals surface area contributed by atoms with Crippen LogP contribution in [0.3, 0.4) is 0 Å². The van der Waals surface area contributed by atoms with Gasteiger partial charge in [0.05, 0.1) is 0 Å². The van der Waals surface area contributed by atoms with Gasteiger partial charge in [-0.05, 0) is 24.1 Å². The van der Waals surface area contributed by atoms with Crippen molar-refractivity contribution in [3.8, 4) is 0 Å². The molecular weight excluding hydrogens is 186 g/mol. The predicted molar refractivity (Wildman–Crippen MR) is 53.6 cm³/mol. The van der Waals surface area contributed by atoms with Gasteiger partial charge in [0.1, 0.15) is 4.75 Å². The number of nitrogens with zero attached hydrogens (tertiary/aromatic N) is 1. The largest absolute Gasteiger partial charge is 0.289 e. The van der Waals surface area contributed by atoms with Crippen LogP contribution >= 0.6 is 11.8 Å². The van der Waals surface area contributed by atoms with E-state index in [1.165, 1.54) is 11.9 Å². The SMILES string of the molecule is CN1C(=O)SC(C)(C(C)(C)C)C1=O. The maximum atomic E-state index is 11.8. The van der Waals surface area contributed by atoms with Crippen LogP contribution in [0.2, 0.25) is 0 Å². The molecule has 4 heteroatoms. The monoisotopic (exact) mass is 201 g/mol. The van der Waals surface area contributed by atoms with Crippen LogP contribution in [0.25, 0.3) is 0 Å². The first-order chi connectivity index (χ1) is 5.70. The fourth-order valence-corrected chi connectivity index (χ4v) is 2.26. The summed E-state index contributed by atoms with van der Waals surface area (Å²) in [5.74, 6) is -0.0880. The molecule has 1 atom stereocenters. The predicted octanol–water partition coefficient (Wildman–Crippen LogP) is 2.12. The van der Waals surface area contributed by atoms with Crippen LogP contribution in [0.5, 0.6) is 0 Å². The molecule has 2 amide bonds. The number of rotatable bonds is 0. The molecule has 0 aliphatic carbocycles. The van der Waals surface area contributed by atoms with Crippen LogP contribution < -0.4 is 0 Å². The lowest BCUT2D eigenvalue weighted by Gasteiger charge is -2.34. The first kappa shape index (κ1) is 10.6. The van der Waals surface area contributed by atoms with Gasteiger partial charge in [-0.3, -0.25) is 14.5 Å². The van der Waals surface area contributed by atoms with E-state index in [9.17, 15) is 9.59 Å². The molecule has 0 aromatic rings. The molecule has 1 aliphatic rings. The van der Waals surface area contributed by atoms with Gasteiger partial charge < -0.3 is 0 Å². The fourth-order valence-electron chi connectivity index (χ4n) is 1.16. The lowest BCUT2D eigenvalue weighted by Crippen LogP contribution is -2.44. The highest BCUT2D eigenvalue weighted by atomic mass is 32.2. The second-order valence-electron chi connectivity index (χ2n) is 4.52. The molecule has 1 rings (SSSR count). The van der Waals surface area contributed by atoms with Gasteiger partial charge in [0.25, 0.3) is 5.24 Å². The smallest absolute Gasteiger partial charge is 0.275 e. The molecule has 0 aromatic heterocycles. The van der Waals surface area contributed by atoms with E-state index in [0.29, 0.717) is 0 Å². The average Bonchev–Trinajstić information content (AvgIpc) is 2.15. The second kappa shape index (κ2) is 2.74. The van der Waals surface area contributed by atoms with Gasteiger partial charge in [0.15, 0.2) is 0 Å². The van der Waals surface area contributed by atoms with Crippen LogP contribution in [-0.2, 0) is 4.79 Å². The van der Waals surface area contributed by atoms with Crippen molar-refractivity contribution < 1.29 is 9.59 Å². The number of amides is 2. The zero-order chi connectivity index (χ0) is 10.4. The molecule has 74 valence electrons. The highest BCUT2D eigenvalue weighted by molar-refractivity contribution is 8.16.